The van der Waals surface area contributed by atoms with Gasteiger partial charge in [0.25, 0.3) is 0 Å². The third kappa shape index (κ3) is 2.22. The van der Waals surface area contributed by atoms with E-state index in [0.29, 0.717) is 11.7 Å². The van der Waals surface area contributed by atoms with E-state index in [1.807, 2.05) is 12.1 Å². The highest BCUT2D eigenvalue weighted by Gasteiger charge is 2.02. The third-order valence-electron chi connectivity index (χ3n) is 1.82. The molecule has 1 rings (SSSR count). The molecule has 0 saturated carbocycles. The van der Waals surface area contributed by atoms with Crippen molar-refractivity contribution in [2.45, 2.75) is 27.2 Å². The average molecular weight is 164 g/mol. The van der Waals surface area contributed by atoms with Crippen LogP contribution in [0.3, 0.4) is 0 Å². The summed E-state index contributed by atoms with van der Waals surface area (Å²) in [5.74, 6) is 1.26. The molecule has 0 fully saturated rings. The van der Waals surface area contributed by atoms with Crippen molar-refractivity contribution in [2.24, 2.45) is 5.92 Å². The maximum atomic E-state index is 5.59. The van der Waals surface area contributed by atoms with Crippen LogP contribution in [0.1, 0.15) is 25.1 Å². The summed E-state index contributed by atoms with van der Waals surface area (Å²) in [5, 5.41) is 0. The molecular formula is C10H16N2. The van der Waals surface area contributed by atoms with Gasteiger partial charge in [-0.25, -0.2) is 4.98 Å². The van der Waals surface area contributed by atoms with Crippen LogP contribution in [0.15, 0.2) is 12.1 Å². The lowest BCUT2D eigenvalue weighted by molar-refractivity contribution is 0.633. The van der Waals surface area contributed by atoms with Gasteiger partial charge >= 0.3 is 0 Å². The van der Waals surface area contributed by atoms with Crippen molar-refractivity contribution in [1.82, 2.24) is 4.98 Å². The second-order valence-corrected chi connectivity index (χ2v) is 3.60. The van der Waals surface area contributed by atoms with Gasteiger partial charge in [0.1, 0.15) is 5.82 Å². The highest BCUT2D eigenvalue weighted by Crippen LogP contribution is 2.12. The average Bonchev–Trinajstić information content (AvgIpc) is 1.96. The molecule has 0 aliphatic heterocycles. The Bertz CT molecular complexity index is 267. The maximum Gasteiger partial charge on any atom is 0.123 e. The quantitative estimate of drug-likeness (QED) is 0.727. The number of pyridine rings is 1. The van der Waals surface area contributed by atoms with Crippen molar-refractivity contribution in [2.75, 3.05) is 5.73 Å². The molecule has 0 aliphatic rings. The van der Waals surface area contributed by atoms with Crippen molar-refractivity contribution in [3.8, 4) is 0 Å². The minimum absolute atomic E-state index is 0.622. The molecule has 0 saturated heterocycles. The standard InChI is InChI=1S/C10H16N2/c1-7(2)6-9-8(3)4-5-10(11)12-9/h4-5,7H,6H2,1-3H3,(H2,11,12). The zero-order valence-corrected chi connectivity index (χ0v) is 7.96. The Morgan fingerprint density at radius 1 is 1.42 bits per heavy atom. The van der Waals surface area contributed by atoms with Crippen molar-refractivity contribution >= 4 is 5.82 Å². The first-order valence-electron chi connectivity index (χ1n) is 4.31. The van der Waals surface area contributed by atoms with Crippen molar-refractivity contribution in [3.05, 3.63) is 23.4 Å². The van der Waals surface area contributed by atoms with E-state index in [4.69, 9.17) is 5.73 Å². The lowest BCUT2D eigenvalue weighted by atomic mass is 10.0. The van der Waals surface area contributed by atoms with E-state index in [9.17, 15) is 0 Å². The number of nitrogens with two attached hydrogens (primary N) is 1. The molecule has 0 unspecified atom stereocenters. The lowest BCUT2D eigenvalue weighted by Crippen LogP contribution is -2.02. The summed E-state index contributed by atoms with van der Waals surface area (Å²) < 4.78 is 0. The first-order valence-corrected chi connectivity index (χ1v) is 4.31. The molecule has 0 spiro atoms. The number of hydrogen-bond donors (Lipinski definition) is 1. The zero-order valence-electron chi connectivity index (χ0n) is 7.96. The summed E-state index contributed by atoms with van der Waals surface area (Å²) in [6.45, 7) is 6.44. The van der Waals surface area contributed by atoms with Crippen molar-refractivity contribution in [3.63, 3.8) is 0 Å². The van der Waals surface area contributed by atoms with E-state index in [0.717, 1.165) is 12.1 Å². The van der Waals surface area contributed by atoms with Crippen LogP contribution < -0.4 is 5.73 Å². The van der Waals surface area contributed by atoms with E-state index in [2.05, 4.69) is 25.8 Å². The minimum atomic E-state index is 0.622. The van der Waals surface area contributed by atoms with Gasteiger partial charge in [0.2, 0.25) is 0 Å². The summed E-state index contributed by atoms with van der Waals surface area (Å²) in [6.07, 6.45) is 1.01. The third-order valence-corrected chi connectivity index (χ3v) is 1.82. The van der Waals surface area contributed by atoms with E-state index < -0.39 is 0 Å². The molecule has 0 bridgehead atoms. The van der Waals surface area contributed by atoms with Gasteiger partial charge in [-0.3, -0.25) is 0 Å². The molecule has 0 amide bonds. The maximum absolute atomic E-state index is 5.59. The Morgan fingerprint density at radius 2 is 2.08 bits per heavy atom. The summed E-state index contributed by atoms with van der Waals surface area (Å²) in [5.41, 5.74) is 7.96. The summed E-state index contributed by atoms with van der Waals surface area (Å²) in [6, 6.07) is 3.87. The highest BCUT2D eigenvalue weighted by molar-refractivity contribution is 5.33. The monoisotopic (exact) mass is 164 g/mol. The Balaban J connectivity index is 2.90. The summed E-state index contributed by atoms with van der Waals surface area (Å²) >= 11 is 0. The van der Waals surface area contributed by atoms with Crippen molar-refractivity contribution in [1.29, 1.82) is 0 Å². The van der Waals surface area contributed by atoms with E-state index in [-0.39, 0.29) is 0 Å². The molecular weight excluding hydrogens is 148 g/mol. The van der Waals surface area contributed by atoms with Gasteiger partial charge in [0.05, 0.1) is 0 Å². The number of nitrogens with zero attached hydrogens (tertiary/aromatic N) is 1. The minimum Gasteiger partial charge on any atom is -0.384 e. The van der Waals surface area contributed by atoms with E-state index >= 15 is 0 Å². The molecule has 0 aliphatic carbocycles. The van der Waals surface area contributed by atoms with E-state index in [1.54, 1.807) is 0 Å². The Labute approximate surface area is 73.8 Å². The van der Waals surface area contributed by atoms with Crippen LogP contribution in [0.4, 0.5) is 5.82 Å². The van der Waals surface area contributed by atoms with Crippen LogP contribution >= 0.6 is 0 Å². The predicted molar refractivity (Wildman–Crippen MR) is 51.9 cm³/mol. The number of anilines is 1. The number of rotatable bonds is 2. The van der Waals surface area contributed by atoms with Gasteiger partial charge in [-0.1, -0.05) is 19.9 Å². The van der Waals surface area contributed by atoms with Crippen LogP contribution in [-0.2, 0) is 6.42 Å². The van der Waals surface area contributed by atoms with Crippen LogP contribution in [0.25, 0.3) is 0 Å². The molecule has 1 heterocycles. The van der Waals surface area contributed by atoms with Crippen molar-refractivity contribution < 1.29 is 0 Å². The summed E-state index contributed by atoms with van der Waals surface area (Å²) in [7, 11) is 0. The highest BCUT2D eigenvalue weighted by atomic mass is 14.8. The molecule has 12 heavy (non-hydrogen) atoms. The number of aromatic nitrogens is 1. The molecule has 2 nitrogen and oxygen atoms in total. The van der Waals surface area contributed by atoms with Gasteiger partial charge in [0.15, 0.2) is 0 Å². The van der Waals surface area contributed by atoms with Crippen LogP contribution in [-0.4, -0.2) is 4.98 Å². The zero-order chi connectivity index (χ0) is 9.14. The topological polar surface area (TPSA) is 38.9 Å². The second kappa shape index (κ2) is 3.57. The fraction of sp³-hybridized carbons (Fsp3) is 0.500. The van der Waals surface area contributed by atoms with Crippen LogP contribution in [0, 0.1) is 12.8 Å². The Hall–Kier alpha value is -1.05. The second-order valence-electron chi connectivity index (χ2n) is 3.60. The van der Waals surface area contributed by atoms with E-state index in [1.165, 1.54) is 5.56 Å². The smallest absolute Gasteiger partial charge is 0.123 e. The fourth-order valence-electron chi connectivity index (χ4n) is 1.18. The van der Waals surface area contributed by atoms with Crippen LogP contribution in [0.5, 0.6) is 0 Å². The molecule has 66 valence electrons. The Kier molecular flexibility index (Phi) is 2.69. The van der Waals surface area contributed by atoms with Gasteiger partial charge in [-0.15, -0.1) is 0 Å². The number of aryl methyl sites for hydroxylation is 1. The lowest BCUT2D eigenvalue weighted by Gasteiger charge is -2.07. The Morgan fingerprint density at radius 3 is 2.67 bits per heavy atom. The molecule has 1 aromatic heterocycles. The van der Waals surface area contributed by atoms with Gasteiger partial charge in [-0.2, -0.15) is 0 Å². The SMILES string of the molecule is Cc1ccc(N)nc1CC(C)C. The largest absolute Gasteiger partial charge is 0.384 e. The first kappa shape index (κ1) is 9.04. The molecule has 2 heteroatoms. The summed E-state index contributed by atoms with van der Waals surface area (Å²) in [4.78, 5) is 4.29. The predicted octanol–water partition coefficient (Wildman–Crippen LogP) is 2.17. The molecule has 0 radical (unpaired) electrons. The van der Waals surface area contributed by atoms with Crippen LogP contribution in [0.2, 0.25) is 0 Å². The molecule has 1 aromatic rings. The van der Waals surface area contributed by atoms with Gasteiger partial charge in [-0.05, 0) is 30.9 Å². The molecule has 2 N–H and O–H groups in total. The number of hydrogen-bond acceptors (Lipinski definition) is 2. The van der Waals surface area contributed by atoms with Gasteiger partial charge < -0.3 is 5.73 Å². The fourth-order valence-corrected chi connectivity index (χ4v) is 1.18. The molecule has 0 aromatic carbocycles. The first-order chi connectivity index (χ1) is 5.59. The normalized spacial score (nSPS) is 10.7. The van der Waals surface area contributed by atoms with Gasteiger partial charge in [0, 0.05) is 5.69 Å². The number of nitrogen functional groups attached to an aromatic ring is 1. The molecule has 0 atom stereocenters.